The van der Waals surface area contributed by atoms with Gasteiger partial charge >= 0.3 is 0 Å². The molecule has 0 spiro atoms. The van der Waals surface area contributed by atoms with Crippen molar-refractivity contribution in [1.82, 2.24) is 10.0 Å². The molecular weight excluding hydrogens is 244 g/mol. The first-order valence-corrected chi connectivity index (χ1v) is 8.70. The fourth-order valence-corrected chi connectivity index (χ4v) is 4.40. The van der Waals surface area contributed by atoms with Crippen LogP contribution in [0.1, 0.15) is 25.7 Å². The average Bonchev–Trinajstić information content (AvgIpc) is 2.27. The molecule has 16 heavy (non-hydrogen) atoms. The van der Waals surface area contributed by atoms with E-state index in [1.54, 1.807) is 18.8 Å². The number of thioether (sulfide) groups is 1. The first-order valence-electron chi connectivity index (χ1n) is 5.76. The Hall–Kier alpha value is 0.220. The molecule has 1 fully saturated rings. The summed E-state index contributed by atoms with van der Waals surface area (Å²) in [6, 6.07) is 0.130. The second kappa shape index (κ2) is 6.83. The van der Waals surface area contributed by atoms with Crippen molar-refractivity contribution in [3.8, 4) is 0 Å². The van der Waals surface area contributed by atoms with Crippen molar-refractivity contribution < 1.29 is 8.42 Å². The van der Waals surface area contributed by atoms with Crippen molar-refractivity contribution >= 4 is 21.8 Å². The van der Waals surface area contributed by atoms with E-state index in [1.165, 1.54) is 6.42 Å². The van der Waals surface area contributed by atoms with Crippen molar-refractivity contribution in [3.05, 3.63) is 0 Å². The summed E-state index contributed by atoms with van der Waals surface area (Å²) in [5.41, 5.74) is 0. The Morgan fingerprint density at radius 3 is 2.62 bits per heavy atom. The number of nitrogens with one attached hydrogen (secondary N) is 2. The molecule has 0 heterocycles. The van der Waals surface area contributed by atoms with Gasteiger partial charge < -0.3 is 5.32 Å². The highest BCUT2D eigenvalue weighted by Gasteiger charge is 2.27. The molecule has 1 aliphatic carbocycles. The standard InChI is InChI=1S/C10H22N2O2S2/c1-11-7-8-16(13,14)12-9-5-3-4-6-10(9)15-2/h9-12H,3-8H2,1-2H3. The van der Waals surface area contributed by atoms with Crippen molar-refractivity contribution in [2.24, 2.45) is 0 Å². The Labute approximate surface area is 103 Å². The molecule has 1 aliphatic rings. The van der Waals surface area contributed by atoms with Gasteiger partial charge in [-0.1, -0.05) is 12.8 Å². The van der Waals surface area contributed by atoms with Crippen LogP contribution in [-0.2, 0) is 10.0 Å². The zero-order chi connectivity index (χ0) is 12.0. The molecule has 2 unspecified atom stereocenters. The highest BCUT2D eigenvalue weighted by Crippen LogP contribution is 2.27. The van der Waals surface area contributed by atoms with Gasteiger partial charge in [0, 0.05) is 17.8 Å². The normalized spacial score (nSPS) is 26.9. The number of hydrogen-bond donors (Lipinski definition) is 2. The molecule has 4 nitrogen and oxygen atoms in total. The van der Waals surface area contributed by atoms with Gasteiger partial charge in [0.1, 0.15) is 0 Å². The lowest BCUT2D eigenvalue weighted by Crippen LogP contribution is -2.45. The summed E-state index contributed by atoms with van der Waals surface area (Å²) in [7, 11) is -1.35. The lowest BCUT2D eigenvalue weighted by molar-refractivity contribution is 0.423. The highest BCUT2D eigenvalue weighted by atomic mass is 32.2. The largest absolute Gasteiger partial charge is 0.319 e. The Balaban J connectivity index is 2.50. The summed E-state index contributed by atoms with van der Waals surface area (Å²) in [4.78, 5) is 0. The zero-order valence-electron chi connectivity index (χ0n) is 10.0. The van der Waals surface area contributed by atoms with Crippen LogP contribution in [0.15, 0.2) is 0 Å². The van der Waals surface area contributed by atoms with Crippen LogP contribution in [0.3, 0.4) is 0 Å². The van der Waals surface area contributed by atoms with Crippen molar-refractivity contribution in [2.75, 3.05) is 25.6 Å². The van der Waals surface area contributed by atoms with E-state index in [-0.39, 0.29) is 11.8 Å². The summed E-state index contributed by atoms with van der Waals surface area (Å²) >= 11 is 1.78. The molecule has 0 bridgehead atoms. The van der Waals surface area contributed by atoms with Gasteiger partial charge in [-0.05, 0) is 26.1 Å². The second-order valence-electron chi connectivity index (χ2n) is 4.21. The topological polar surface area (TPSA) is 58.2 Å². The minimum atomic E-state index is -3.11. The van der Waals surface area contributed by atoms with Crippen molar-refractivity contribution in [2.45, 2.75) is 37.0 Å². The minimum Gasteiger partial charge on any atom is -0.319 e. The SMILES string of the molecule is CNCCS(=O)(=O)NC1CCCCC1SC. The fourth-order valence-electron chi connectivity index (χ4n) is 2.04. The summed E-state index contributed by atoms with van der Waals surface area (Å²) in [5.74, 6) is 0.168. The lowest BCUT2D eigenvalue weighted by atomic mass is 9.96. The van der Waals surface area contributed by atoms with E-state index in [1.807, 2.05) is 0 Å². The summed E-state index contributed by atoms with van der Waals surface area (Å²) in [5, 5.41) is 3.30. The maximum Gasteiger partial charge on any atom is 0.213 e. The molecule has 6 heteroatoms. The van der Waals surface area contributed by atoms with Gasteiger partial charge in [-0.3, -0.25) is 0 Å². The monoisotopic (exact) mass is 266 g/mol. The van der Waals surface area contributed by atoms with Crippen LogP contribution in [0.5, 0.6) is 0 Å². The van der Waals surface area contributed by atoms with Gasteiger partial charge in [0.15, 0.2) is 0 Å². The second-order valence-corrected chi connectivity index (χ2v) is 7.16. The minimum absolute atomic E-state index is 0.130. The van der Waals surface area contributed by atoms with E-state index in [0.717, 1.165) is 19.3 Å². The van der Waals surface area contributed by atoms with Crippen LogP contribution in [0.4, 0.5) is 0 Å². The lowest BCUT2D eigenvalue weighted by Gasteiger charge is -2.30. The molecule has 0 amide bonds. The molecule has 0 aromatic rings. The predicted octanol–water partition coefficient (Wildman–Crippen LogP) is 0.799. The quantitative estimate of drug-likeness (QED) is 0.746. The van der Waals surface area contributed by atoms with Gasteiger partial charge in [-0.15, -0.1) is 0 Å². The molecule has 0 saturated heterocycles. The van der Waals surface area contributed by atoms with Gasteiger partial charge in [0.2, 0.25) is 10.0 Å². The first kappa shape index (κ1) is 14.3. The van der Waals surface area contributed by atoms with Crippen LogP contribution >= 0.6 is 11.8 Å². The molecule has 2 N–H and O–H groups in total. The molecule has 0 aromatic carbocycles. The van der Waals surface area contributed by atoms with Crippen molar-refractivity contribution in [3.63, 3.8) is 0 Å². The van der Waals surface area contributed by atoms with E-state index in [4.69, 9.17) is 0 Å². The van der Waals surface area contributed by atoms with Crippen LogP contribution in [0, 0.1) is 0 Å². The van der Waals surface area contributed by atoms with Crippen LogP contribution in [0.2, 0.25) is 0 Å². The number of rotatable bonds is 6. The molecule has 0 radical (unpaired) electrons. The third-order valence-corrected chi connectivity index (χ3v) is 5.53. The summed E-state index contributed by atoms with van der Waals surface area (Å²) in [6.07, 6.45) is 6.52. The van der Waals surface area contributed by atoms with Gasteiger partial charge in [0.05, 0.1) is 5.75 Å². The van der Waals surface area contributed by atoms with Crippen LogP contribution in [0.25, 0.3) is 0 Å². The zero-order valence-corrected chi connectivity index (χ0v) is 11.7. The smallest absolute Gasteiger partial charge is 0.213 e. The Morgan fingerprint density at radius 2 is 2.00 bits per heavy atom. The predicted molar refractivity (Wildman–Crippen MR) is 70.4 cm³/mol. The number of hydrogen-bond acceptors (Lipinski definition) is 4. The van der Waals surface area contributed by atoms with Crippen LogP contribution < -0.4 is 10.0 Å². The van der Waals surface area contributed by atoms with Gasteiger partial charge in [-0.25, -0.2) is 13.1 Å². The van der Waals surface area contributed by atoms with Crippen molar-refractivity contribution in [1.29, 1.82) is 0 Å². The maximum absolute atomic E-state index is 11.8. The molecule has 2 atom stereocenters. The van der Waals surface area contributed by atoms with E-state index < -0.39 is 10.0 Å². The Bertz CT molecular complexity index is 293. The molecule has 1 rings (SSSR count). The fraction of sp³-hybridized carbons (Fsp3) is 1.00. The average molecular weight is 266 g/mol. The first-order chi connectivity index (χ1) is 7.59. The molecule has 0 aliphatic heterocycles. The molecule has 0 aromatic heterocycles. The summed E-state index contributed by atoms with van der Waals surface area (Å²) < 4.78 is 26.4. The Kier molecular flexibility index (Phi) is 6.10. The van der Waals surface area contributed by atoms with E-state index in [0.29, 0.717) is 11.8 Å². The molecule has 1 saturated carbocycles. The summed E-state index contributed by atoms with van der Waals surface area (Å²) in [6.45, 7) is 0.506. The van der Waals surface area contributed by atoms with E-state index in [2.05, 4.69) is 16.3 Å². The maximum atomic E-state index is 11.8. The van der Waals surface area contributed by atoms with Gasteiger partial charge in [0.25, 0.3) is 0 Å². The highest BCUT2D eigenvalue weighted by molar-refractivity contribution is 7.99. The number of sulfonamides is 1. The Morgan fingerprint density at radius 1 is 1.31 bits per heavy atom. The van der Waals surface area contributed by atoms with E-state index >= 15 is 0 Å². The van der Waals surface area contributed by atoms with E-state index in [9.17, 15) is 8.42 Å². The molecule has 96 valence electrons. The van der Waals surface area contributed by atoms with Gasteiger partial charge in [-0.2, -0.15) is 11.8 Å². The third kappa shape index (κ3) is 4.61. The van der Waals surface area contributed by atoms with Crippen LogP contribution in [-0.4, -0.2) is 45.3 Å². The third-order valence-electron chi connectivity index (χ3n) is 2.96. The molecular formula is C10H22N2O2S2.